The summed E-state index contributed by atoms with van der Waals surface area (Å²) in [6.45, 7) is 2.13. The number of piperidine rings is 1. The van der Waals surface area contributed by atoms with Crippen LogP contribution in [-0.4, -0.2) is 52.3 Å². The van der Waals surface area contributed by atoms with Crippen LogP contribution in [0, 0.1) is 0 Å². The highest BCUT2D eigenvalue weighted by atomic mass is 15.3. The maximum atomic E-state index is 4.55. The Balaban J connectivity index is 1.39. The molecule has 5 heteroatoms. The Bertz CT molecular complexity index is 870. The molecule has 2 aliphatic rings. The zero-order chi connectivity index (χ0) is 16.8. The van der Waals surface area contributed by atoms with E-state index in [4.69, 9.17) is 0 Å². The number of anilines is 1. The van der Waals surface area contributed by atoms with Crippen LogP contribution in [0.4, 0.5) is 5.82 Å². The summed E-state index contributed by atoms with van der Waals surface area (Å²) in [5.74, 6) is 1.01. The summed E-state index contributed by atoms with van der Waals surface area (Å²) < 4.78 is 0. The Morgan fingerprint density at radius 2 is 1.84 bits per heavy atom. The zero-order valence-electron chi connectivity index (χ0n) is 14.5. The fourth-order valence-electron chi connectivity index (χ4n) is 4.37. The summed E-state index contributed by atoms with van der Waals surface area (Å²) in [5, 5.41) is 10.3. The van der Waals surface area contributed by atoms with E-state index in [0.29, 0.717) is 12.1 Å². The summed E-state index contributed by atoms with van der Waals surface area (Å²) >= 11 is 0. The number of aromatic amines is 1. The Hall–Kier alpha value is -2.40. The van der Waals surface area contributed by atoms with Crippen LogP contribution in [0.3, 0.4) is 0 Å². The topological polar surface area (TPSA) is 48.0 Å². The van der Waals surface area contributed by atoms with E-state index < -0.39 is 0 Å². The molecule has 2 fully saturated rings. The predicted molar refractivity (Wildman–Crippen MR) is 101 cm³/mol. The van der Waals surface area contributed by atoms with E-state index in [1.165, 1.54) is 24.6 Å². The highest BCUT2D eigenvalue weighted by molar-refractivity contribution is 5.84. The van der Waals surface area contributed by atoms with Gasteiger partial charge < -0.3 is 9.88 Å². The fraction of sp³-hybridized carbons (Fsp3) is 0.400. The number of rotatable bonds is 2. The average Bonchev–Trinajstić information content (AvgIpc) is 3.09. The van der Waals surface area contributed by atoms with Gasteiger partial charge in [0.25, 0.3) is 0 Å². The first kappa shape index (κ1) is 14.9. The van der Waals surface area contributed by atoms with E-state index in [1.807, 2.05) is 6.20 Å². The molecule has 2 bridgehead atoms. The van der Waals surface area contributed by atoms with Crippen LogP contribution in [0.5, 0.6) is 0 Å². The molecule has 25 heavy (non-hydrogen) atoms. The molecule has 4 heterocycles. The Morgan fingerprint density at radius 3 is 2.60 bits per heavy atom. The van der Waals surface area contributed by atoms with Gasteiger partial charge in [0.15, 0.2) is 5.82 Å². The molecule has 2 aliphatic heterocycles. The smallest absolute Gasteiger partial charge is 0.151 e. The van der Waals surface area contributed by atoms with Gasteiger partial charge in [-0.05, 0) is 50.2 Å². The van der Waals surface area contributed by atoms with Gasteiger partial charge in [0.05, 0.1) is 5.69 Å². The standard InChI is InChI=1S/C20H23N5/c1-24-16-3-2-4-17(24)13-25(12-16)20-8-7-19(22-23-20)14-5-6-18-15(11-14)9-10-21-18/h5-11,16-17,21H,2-4,12-13H2,1H3/t16-,17+/i1-1. The first-order valence-electron chi connectivity index (χ1n) is 9.16. The van der Waals surface area contributed by atoms with Gasteiger partial charge in [-0.15, -0.1) is 10.2 Å². The predicted octanol–water partition coefficient (Wildman–Crippen LogP) is 3.30. The van der Waals surface area contributed by atoms with Crippen molar-refractivity contribution < 1.29 is 0 Å². The van der Waals surface area contributed by atoms with Crippen LogP contribution in [0.2, 0.25) is 0 Å². The molecule has 128 valence electrons. The highest BCUT2D eigenvalue weighted by Crippen LogP contribution is 2.30. The molecule has 2 aromatic heterocycles. The summed E-state index contributed by atoms with van der Waals surface area (Å²) in [7, 11) is 2.28. The number of H-pyrrole nitrogens is 1. The zero-order valence-corrected chi connectivity index (χ0v) is 14.5. The normalized spacial score (nSPS) is 24.0. The van der Waals surface area contributed by atoms with Crippen molar-refractivity contribution in [2.75, 3.05) is 25.0 Å². The summed E-state index contributed by atoms with van der Waals surface area (Å²) in [5.41, 5.74) is 3.19. The minimum atomic E-state index is 0.657. The van der Waals surface area contributed by atoms with E-state index in [0.717, 1.165) is 35.7 Å². The average molecular weight is 332 g/mol. The second kappa shape index (κ2) is 5.85. The summed E-state index contributed by atoms with van der Waals surface area (Å²) in [4.78, 5) is 8.21. The molecule has 0 radical (unpaired) electrons. The van der Waals surface area contributed by atoms with Crippen molar-refractivity contribution in [1.82, 2.24) is 20.1 Å². The third kappa shape index (κ3) is 2.59. The minimum absolute atomic E-state index is 0.657. The van der Waals surface area contributed by atoms with E-state index in [1.54, 1.807) is 0 Å². The third-order valence-corrected chi connectivity index (χ3v) is 5.91. The van der Waals surface area contributed by atoms with Crippen LogP contribution >= 0.6 is 0 Å². The SMILES string of the molecule is [11CH3]N1[C@@H]2CCC[C@H]1CN(c1ccc(-c3ccc4[nH]ccc4c3)nn1)C2. The fourth-order valence-corrected chi connectivity index (χ4v) is 4.37. The number of piperazine rings is 1. The molecular formula is C20H23N5. The molecule has 3 aromatic rings. The first-order valence-corrected chi connectivity index (χ1v) is 9.16. The van der Waals surface area contributed by atoms with Crippen LogP contribution in [-0.2, 0) is 0 Å². The lowest BCUT2D eigenvalue weighted by molar-refractivity contribution is 0.0946. The van der Waals surface area contributed by atoms with E-state index in [2.05, 4.69) is 68.4 Å². The molecule has 5 nitrogen and oxygen atoms in total. The highest BCUT2D eigenvalue weighted by Gasteiger charge is 2.35. The van der Waals surface area contributed by atoms with Gasteiger partial charge in [0.2, 0.25) is 0 Å². The molecule has 1 N–H and O–H groups in total. The number of nitrogens with one attached hydrogen (secondary N) is 1. The van der Waals surface area contributed by atoms with Crippen molar-refractivity contribution in [3.05, 3.63) is 42.6 Å². The largest absolute Gasteiger partial charge is 0.361 e. The third-order valence-electron chi connectivity index (χ3n) is 5.91. The summed E-state index contributed by atoms with van der Waals surface area (Å²) in [6, 6.07) is 14.0. The molecule has 0 aliphatic carbocycles. The van der Waals surface area contributed by atoms with E-state index in [-0.39, 0.29) is 0 Å². The molecule has 5 rings (SSSR count). The van der Waals surface area contributed by atoms with Gasteiger partial charge in [0.1, 0.15) is 0 Å². The minimum Gasteiger partial charge on any atom is -0.361 e. The molecule has 2 saturated heterocycles. The summed E-state index contributed by atoms with van der Waals surface area (Å²) in [6.07, 6.45) is 5.92. The van der Waals surface area contributed by atoms with E-state index >= 15 is 0 Å². The Labute approximate surface area is 147 Å². The maximum absolute atomic E-state index is 4.55. The molecule has 0 spiro atoms. The van der Waals surface area contributed by atoms with Crippen LogP contribution < -0.4 is 4.90 Å². The van der Waals surface area contributed by atoms with Crippen molar-refractivity contribution >= 4 is 16.7 Å². The Kier molecular flexibility index (Phi) is 3.48. The van der Waals surface area contributed by atoms with Crippen LogP contribution in [0.15, 0.2) is 42.6 Å². The number of hydrogen-bond donors (Lipinski definition) is 1. The van der Waals surface area contributed by atoms with Crippen molar-refractivity contribution in [2.24, 2.45) is 0 Å². The van der Waals surface area contributed by atoms with Crippen molar-refractivity contribution in [3.8, 4) is 11.3 Å². The molecule has 0 unspecified atom stereocenters. The van der Waals surface area contributed by atoms with Gasteiger partial charge in [0, 0.05) is 47.8 Å². The number of hydrogen-bond acceptors (Lipinski definition) is 4. The van der Waals surface area contributed by atoms with E-state index in [9.17, 15) is 0 Å². The van der Waals surface area contributed by atoms with Crippen molar-refractivity contribution in [2.45, 2.75) is 31.3 Å². The molecule has 2 atom stereocenters. The van der Waals surface area contributed by atoms with Gasteiger partial charge in [-0.1, -0.05) is 12.5 Å². The molecule has 0 saturated carbocycles. The lowest BCUT2D eigenvalue weighted by Crippen LogP contribution is -2.59. The number of fused-ring (bicyclic) bond motifs is 3. The first-order chi connectivity index (χ1) is 12.3. The van der Waals surface area contributed by atoms with Crippen molar-refractivity contribution in [3.63, 3.8) is 0 Å². The second-order valence-corrected chi connectivity index (χ2v) is 7.37. The van der Waals surface area contributed by atoms with Gasteiger partial charge in [-0.3, -0.25) is 4.90 Å². The van der Waals surface area contributed by atoms with Gasteiger partial charge >= 0.3 is 0 Å². The lowest BCUT2D eigenvalue weighted by atomic mass is 9.89. The number of nitrogens with zero attached hydrogens (tertiary/aromatic N) is 4. The van der Waals surface area contributed by atoms with Gasteiger partial charge in [-0.25, -0.2) is 0 Å². The molecule has 0 amide bonds. The van der Waals surface area contributed by atoms with Crippen LogP contribution in [0.1, 0.15) is 19.3 Å². The monoisotopic (exact) mass is 332 g/mol. The second-order valence-electron chi connectivity index (χ2n) is 7.37. The number of likely N-dealkylation sites (N-methyl/N-ethyl adjacent to an activating group) is 1. The Morgan fingerprint density at radius 1 is 1.00 bits per heavy atom. The lowest BCUT2D eigenvalue weighted by Gasteiger charge is -2.48. The van der Waals surface area contributed by atoms with Crippen molar-refractivity contribution in [1.29, 1.82) is 0 Å². The number of aromatic nitrogens is 3. The number of benzene rings is 1. The molecule has 1 aromatic carbocycles. The quantitative estimate of drug-likeness (QED) is 0.782. The van der Waals surface area contributed by atoms with Crippen LogP contribution in [0.25, 0.3) is 22.2 Å². The van der Waals surface area contributed by atoms with Gasteiger partial charge in [-0.2, -0.15) is 0 Å². The maximum Gasteiger partial charge on any atom is 0.151 e. The molecular weight excluding hydrogens is 309 g/mol.